The molecule has 1 saturated carbocycles. The fourth-order valence-electron chi connectivity index (χ4n) is 3.51. The van der Waals surface area contributed by atoms with Crippen LogP contribution in [0.2, 0.25) is 0 Å². The van der Waals surface area contributed by atoms with Gasteiger partial charge in [-0.25, -0.2) is 0 Å². The zero-order valence-electron chi connectivity index (χ0n) is 10.8. The number of hydrogen-bond donors (Lipinski definition) is 0. The molecule has 0 spiro atoms. The lowest BCUT2D eigenvalue weighted by molar-refractivity contribution is 0.824. The van der Waals surface area contributed by atoms with Crippen molar-refractivity contribution < 1.29 is 0 Å². The van der Waals surface area contributed by atoms with Gasteiger partial charge in [0.2, 0.25) is 0 Å². The van der Waals surface area contributed by atoms with Crippen LogP contribution in [-0.4, -0.2) is 0 Å². The third kappa shape index (κ3) is 1.50. The molecule has 16 heavy (non-hydrogen) atoms. The van der Waals surface area contributed by atoms with Gasteiger partial charge in [-0.05, 0) is 78.7 Å². The molecule has 0 saturated heterocycles. The molecule has 2 aliphatic rings. The summed E-state index contributed by atoms with van der Waals surface area (Å²) in [6, 6.07) is 2.54. The van der Waals surface area contributed by atoms with Gasteiger partial charge in [0.25, 0.3) is 0 Å². The Balaban J connectivity index is 2.19. The van der Waals surface area contributed by atoms with Crippen LogP contribution in [0, 0.1) is 6.92 Å². The maximum Gasteiger partial charge on any atom is -0.0159 e. The smallest absolute Gasteiger partial charge is 0.0159 e. The van der Waals surface area contributed by atoms with Gasteiger partial charge in [-0.1, -0.05) is 19.9 Å². The van der Waals surface area contributed by atoms with Crippen molar-refractivity contribution in [3.63, 3.8) is 0 Å². The fraction of sp³-hybridized carbons (Fsp3) is 0.625. The molecule has 0 aromatic heterocycles. The molecule has 1 aromatic rings. The van der Waals surface area contributed by atoms with Crippen LogP contribution < -0.4 is 0 Å². The van der Waals surface area contributed by atoms with E-state index in [1.54, 1.807) is 27.8 Å². The highest BCUT2D eigenvalue weighted by atomic mass is 14.3. The Kier molecular flexibility index (Phi) is 2.34. The minimum atomic E-state index is 0.700. The van der Waals surface area contributed by atoms with Crippen molar-refractivity contribution in [2.45, 2.75) is 64.7 Å². The molecule has 0 unspecified atom stereocenters. The molecule has 0 heterocycles. The quantitative estimate of drug-likeness (QED) is 0.680. The van der Waals surface area contributed by atoms with Crippen LogP contribution in [0.4, 0.5) is 0 Å². The predicted octanol–water partition coefficient (Wildman–Crippen LogP) is 4.48. The van der Waals surface area contributed by atoms with E-state index in [4.69, 9.17) is 0 Å². The molecule has 1 fully saturated rings. The van der Waals surface area contributed by atoms with Gasteiger partial charge in [-0.15, -0.1) is 0 Å². The van der Waals surface area contributed by atoms with E-state index < -0.39 is 0 Å². The Labute approximate surface area is 99.1 Å². The van der Waals surface area contributed by atoms with Gasteiger partial charge in [0.15, 0.2) is 0 Å². The highest BCUT2D eigenvalue weighted by Gasteiger charge is 2.29. The van der Waals surface area contributed by atoms with E-state index >= 15 is 0 Å². The Bertz CT molecular complexity index is 422. The lowest BCUT2D eigenvalue weighted by atomic mass is 9.86. The Morgan fingerprint density at radius 1 is 1.19 bits per heavy atom. The van der Waals surface area contributed by atoms with Crippen molar-refractivity contribution in [2.24, 2.45) is 0 Å². The summed E-state index contributed by atoms with van der Waals surface area (Å²) in [5.74, 6) is 1.61. The molecule has 0 aliphatic heterocycles. The van der Waals surface area contributed by atoms with Crippen molar-refractivity contribution in [1.82, 2.24) is 0 Å². The van der Waals surface area contributed by atoms with Crippen LogP contribution in [0.3, 0.4) is 0 Å². The summed E-state index contributed by atoms with van der Waals surface area (Å²) < 4.78 is 0. The van der Waals surface area contributed by atoms with Gasteiger partial charge in [-0.3, -0.25) is 0 Å². The third-order valence-electron chi connectivity index (χ3n) is 4.35. The van der Waals surface area contributed by atoms with Crippen molar-refractivity contribution in [3.8, 4) is 0 Å². The fourth-order valence-corrected chi connectivity index (χ4v) is 3.51. The van der Waals surface area contributed by atoms with Crippen LogP contribution in [0.5, 0.6) is 0 Å². The highest BCUT2D eigenvalue weighted by molar-refractivity contribution is 5.51. The lowest BCUT2D eigenvalue weighted by Gasteiger charge is -2.19. The number of aryl methyl sites for hydroxylation is 1. The first-order valence-electron chi connectivity index (χ1n) is 6.83. The molecule has 0 radical (unpaired) electrons. The van der Waals surface area contributed by atoms with Crippen LogP contribution >= 0.6 is 0 Å². The summed E-state index contributed by atoms with van der Waals surface area (Å²) in [6.45, 7) is 7.08. The van der Waals surface area contributed by atoms with Crippen LogP contribution in [-0.2, 0) is 12.8 Å². The van der Waals surface area contributed by atoms with Crippen LogP contribution in [0.15, 0.2) is 6.07 Å². The van der Waals surface area contributed by atoms with Crippen molar-refractivity contribution in [3.05, 3.63) is 33.9 Å². The second-order valence-corrected chi connectivity index (χ2v) is 5.92. The average molecular weight is 214 g/mol. The topological polar surface area (TPSA) is 0 Å². The third-order valence-corrected chi connectivity index (χ3v) is 4.35. The van der Waals surface area contributed by atoms with Gasteiger partial charge in [0.05, 0.1) is 0 Å². The maximum absolute atomic E-state index is 2.54. The largest absolute Gasteiger partial charge is 0.0587 e. The Morgan fingerprint density at radius 2 is 1.94 bits per heavy atom. The lowest BCUT2D eigenvalue weighted by Crippen LogP contribution is -2.03. The summed E-state index contributed by atoms with van der Waals surface area (Å²) in [6.07, 6.45) is 6.89. The molecule has 3 rings (SSSR count). The maximum atomic E-state index is 2.54. The van der Waals surface area contributed by atoms with E-state index in [0.717, 1.165) is 5.92 Å². The molecule has 0 bridgehead atoms. The normalized spacial score (nSPS) is 19.2. The second-order valence-electron chi connectivity index (χ2n) is 5.92. The molecule has 0 atom stereocenters. The molecule has 2 aliphatic carbocycles. The zero-order chi connectivity index (χ0) is 11.3. The molecular weight excluding hydrogens is 192 g/mol. The average Bonchev–Trinajstić information content (AvgIpc) is 2.96. The molecular formula is C16H22. The van der Waals surface area contributed by atoms with Crippen LogP contribution in [0.25, 0.3) is 0 Å². The number of hydrogen-bond acceptors (Lipinski definition) is 0. The minimum Gasteiger partial charge on any atom is -0.0587 e. The number of fused-ring (bicyclic) bond motifs is 1. The summed E-state index contributed by atoms with van der Waals surface area (Å²) in [5, 5.41) is 0. The summed E-state index contributed by atoms with van der Waals surface area (Å²) >= 11 is 0. The molecule has 86 valence electrons. The van der Waals surface area contributed by atoms with E-state index in [1.807, 2.05) is 0 Å². The van der Waals surface area contributed by atoms with E-state index in [9.17, 15) is 0 Å². The van der Waals surface area contributed by atoms with E-state index in [-0.39, 0.29) is 0 Å². The molecule has 0 nitrogen and oxygen atoms in total. The van der Waals surface area contributed by atoms with E-state index in [0.29, 0.717) is 5.92 Å². The van der Waals surface area contributed by atoms with Gasteiger partial charge in [-0.2, -0.15) is 0 Å². The Morgan fingerprint density at radius 3 is 2.56 bits per heavy atom. The van der Waals surface area contributed by atoms with E-state index in [1.165, 1.54) is 32.1 Å². The van der Waals surface area contributed by atoms with Gasteiger partial charge in [0, 0.05) is 0 Å². The molecule has 0 heteroatoms. The molecule has 1 aromatic carbocycles. The van der Waals surface area contributed by atoms with Crippen molar-refractivity contribution >= 4 is 0 Å². The standard InChI is InChI=1S/C16H22/c1-10(2)16-11(3)15(12-7-8-12)9-13-5-4-6-14(13)16/h9-10,12H,4-8H2,1-3H3. The Hall–Kier alpha value is -0.780. The predicted molar refractivity (Wildman–Crippen MR) is 69.3 cm³/mol. The SMILES string of the molecule is Cc1c(C2CC2)cc2c(c1C(C)C)CCC2. The molecule has 0 amide bonds. The van der Waals surface area contributed by atoms with Gasteiger partial charge >= 0.3 is 0 Å². The van der Waals surface area contributed by atoms with Crippen molar-refractivity contribution in [2.75, 3.05) is 0 Å². The first-order chi connectivity index (χ1) is 7.68. The summed E-state index contributed by atoms with van der Waals surface area (Å²) in [4.78, 5) is 0. The first kappa shape index (κ1) is 10.4. The van der Waals surface area contributed by atoms with Gasteiger partial charge in [0.1, 0.15) is 0 Å². The summed E-state index contributed by atoms with van der Waals surface area (Å²) in [7, 11) is 0. The number of benzene rings is 1. The summed E-state index contributed by atoms with van der Waals surface area (Å²) in [5.41, 5.74) is 8.38. The highest BCUT2D eigenvalue weighted by Crippen LogP contribution is 2.45. The van der Waals surface area contributed by atoms with E-state index in [2.05, 4.69) is 26.8 Å². The second kappa shape index (κ2) is 3.61. The van der Waals surface area contributed by atoms with Crippen LogP contribution in [0.1, 0.15) is 72.8 Å². The van der Waals surface area contributed by atoms with Gasteiger partial charge < -0.3 is 0 Å². The van der Waals surface area contributed by atoms with Crippen molar-refractivity contribution in [1.29, 1.82) is 0 Å². The monoisotopic (exact) mass is 214 g/mol. The molecule has 0 N–H and O–H groups in total. The number of rotatable bonds is 2. The first-order valence-corrected chi connectivity index (χ1v) is 6.83. The minimum absolute atomic E-state index is 0.700. The zero-order valence-corrected chi connectivity index (χ0v) is 10.8.